The number of hydrogen-bond acceptors (Lipinski definition) is 2. The zero-order valence-corrected chi connectivity index (χ0v) is 9.41. The van der Waals surface area contributed by atoms with Gasteiger partial charge in [-0.25, -0.2) is 0 Å². The average Bonchev–Trinajstić information content (AvgIpc) is 2.87. The third-order valence-electron chi connectivity index (χ3n) is 4.02. The molecule has 1 heterocycles. The summed E-state index contributed by atoms with van der Waals surface area (Å²) in [6.07, 6.45) is 9.95. The SMILES string of the molecule is CCC1(C(O)Cc2ccoc2)CCCC1. The standard InChI is InChI=1S/C13H20O2/c1-2-13(6-3-4-7-13)12(14)9-11-5-8-15-10-11/h5,8,10,12,14H,2-4,6-7,9H2,1H3. The van der Waals surface area contributed by atoms with Crippen LogP contribution in [0.25, 0.3) is 0 Å². The highest BCUT2D eigenvalue weighted by Crippen LogP contribution is 2.44. The van der Waals surface area contributed by atoms with E-state index < -0.39 is 0 Å². The van der Waals surface area contributed by atoms with Crippen LogP contribution in [0.2, 0.25) is 0 Å². The maximum absolute atomic E-state index is 10.3. The van der Waals surface area contributed by atoms with E-state index in [1.54, 1.807) is 12.5 Å². The lowest BCUT2D eigenvalue weighted by Crippen LogP contribution is -2.33. The van der Waals surface area contributed by atoms with Gasteiger partial charge >= 0.3 is 0 Å². The van der Waals surface area contributed by atoms with Gasteiger partial charge in [-0.2, -0.15) is 0 Å². The molecule has 15 heavy (non-hydrogen) atoms. The molecule has 0 saturated heterocycles. The van der Waals surface area contributed by atoms with Crippen molar-refractivity contribution in [1.29, 1.82) is 0 Å². The lowest BCUT2D eigenvalue weighted by Gasteiger charge is -2.33. The molecule has 1 aliphatic rings. The molecule has 0 bridgehead atoms. The van der Waals surface area contributed by atoms with Crippen LogP contribution >= 0.6 is 0 Å². The van der Waals surface area contributed by atoms with E-state index in [9.17, 15) is 5.11 Å². The van der Waals surface area contributed by atoms with Crippen LogP contribution in [0, 0.1) is 5.41 Å². The predicted molar refractivity (Wildman–Crippen MR) is 59.6 cm³/mol. The topological polar surface area (TPSA) is 33.4 Å². The summed E-state index contributed by atoms with van der Waals surface area (Å²) >= 11 is 0. The van der Waals surface area contributed by atoms with Crippen LogP contribution in [0.5, 0.6) is 0 Å². The molecule has 2 nitrogen and oxygen atoms in total. The largest absolute Gasteiger partial charge is 0.472 e. The van der Waals surface area contributed by atoms with Crippen LogP contribution in [0.15, 0.2) is 23.0 Å². The van der Waals surface area contributed by atoms with E-state index in [4.69, 9.17) is 4.42 Å². The summed E-state index contributed by atoms with van der Waals surface area (Å²) in [5.41, 5.74) is 1.29. The third-order valence-corrected chi connectivity index (χ3v) is 4.02. The Morgan fingerprint density at radius 2 is 2.20 bits per heavy atom. The van der Waals surface area contributed by atoms with Crippen molar-refractivity contribution in [3.8, 4) is 0 Å². The third kappa shape index (κ3) is 2.10. The average molecular weight is 208 g/mol. The maximum Gasteiger partial charge on any atom is 0.0935 e. The van der Waals surface area contributed by atoms with Gasteiger partial charge < -0.3 is 9.52 Å². The highest BCUT2D eigenvalue weighted by Gasteiger charge is 2.38. The molecule has 0 spiro atoms. The van der Waals surface area contributed by atoms with Gasteiger partial charge in [-0.1, -0.05) is 19.8 Å². The highest BCUT2D eigenvalue weighted by atomic mass is 16.3. The Morgan fingerprint density at radius 1 is 1.47 bits per heavy atom. The summed E-state index contributed by atoms with van der Waals surface area (Å²) in [7, 11) is 0. The van der Waals surface area contributed by atoms with Gasteiger partial charge in [-0.15, -0.1) is 0 Å². The first-order valence-corrected chi connectivity index (χ1v) is 5.96. The Morgan fingerprint density at radius 3 is 2.73 bits per heavy atom. The van der Waals surface area contributed by atoms with Gasteiger partial charge in [-0.3, -0.25) is 0 Å². The first-order chi connectivity index (χ1) is 7.27. The molecule has 84 valence electrons. The first kappa shape index (κ1) is 10.7. The molecule has 0 aliphatic heterocycles. The minimum atomic E-state index is -0.206. The van der Waals surface area contributed by atoms with E-state index in [1.807, 2.05) is 6.07 Å². The first-order valence-electron chi connectivity index (χ1n) is 5.96. The van der Waals surface area contributed by atoms with E-state index >= 15 is 0 Å². The second-order valence-corrected chi connectivity index (χ2v) is 4.77. The Labute approximate surface area is 91.3 Å². The molecule has 0 radical (unpaired) electrons. The zero-order valence-electron chi connectivity index (χ0n) is 9.41. The molecule has 0 amide bonds. The lowest BCUT2D eigenvalue weighted by molar-refractivity contribution is 0.0256. The highest BCUT2D eigenvalue weighted by molar-refractivity contribution is 5.08. The summed E-state index contributed by atoms with van der Waals surface area (Å²) in [6.45, 7) is 2.20. The molecule has 1 aromatic heterocycles. The quantitative estimate of drug-likeness (QED) is 0.824. The number of rotatable bonds is 4. The Bertz CT molecular complexity index is 283. The van der Waals surface area contributed by atoms with E-state index in [0.29, 0.717) is 0 Å². The number of aliphatic hydroxyl groups excluding tert-OH is 1. The molecule has 2 heteroatoms. The van der Waals surface area contributed by atoms with E-state index in [0.717, 1.165) is 18.4 Å². The van der Waals surface area contributed by atoms with Crippen LogP contribution in [0.4, 0.5) is 0 Å². The molecule has 1 unspecified atom stereocenters. The van der Waals surface area contributed by atoms with Crippen molar-refractivity contribution in [1.82, 2.24) is 0 Å². The second kappa shape index (κ2) is 4.40. The molecule has 1 N–H and O–H groups in total. The van der Waals surface area contributed by atoms with Crippen LogP contribution in [0.3, 0.4) is 0 Å². The molecule has 1 atom stereocenters. The van der Waals surface area contributed by atoms with Crippen LogP contribution in [-0.4, -0.2) is 11.2 Å². The van der Waals surface area contributed by atoms with Gasteiger partial charge in [0.15, 0.2) is 0 Å². The second-order valence-electron chi connectivity index (χ2n) is 4.77. The van der Waals surface area contributed by atoms with Crippen LogP contribution < -0.4 is 0 Å². The summed E-state index contributed by atoms with van der Waals surface area (Å²) in [5, 5.41) is 10.3. The van der Waals surface area contributed by atoms with E-state index in [-0.39, 0.29) is 11.5 Å². The minimum Gasteiger partial charge on any atom is -0.472 e. The predicted octanol–water partition coefficient (Wildman–Crippen LogP) is 3.15. The smallest absolute Gasteiger partial charge is 0.0935 e. The van der Waals surface area contributed by atoms with Crippen molar-refractivity contribution in [2.24, 2.45) is 5.41 Å². The molecule has 1 aromatic rings. The van der Waals surface area contributed by atoms with Gasteiger partial charge in [0.25, 0.3) is 0 Å². The van der Waals surface area contributed by atoms with Gasteiger partial charge in [0, 0.05) is 6.42 Å². The van der Waals surface area contributed by atoms with Crippen molar-refractivity contribution in [3.63, 3.8) is 0 Å². The minimum absolute atomic E-state index is 0.178. The molecule has 2 rings (SSSR count). The lowest BCUT2D eigenvalue weighted by atomic mass is 9.76. The number of hydrogen-bond donors (Lipinski definition) is 1. The maximum atomic E-state index is 10.3. The Balaban J connectivity index is 2.02. The van der Waals surface area contributed by atoms with Gasteiger partial charge in [0.05, 0.1) is 18.6 Å². The van der Waals surface area contributed by atoms with Gasteiger partial charge in [0.1, 0.15) is 0 Å². The summed E-state index contributed by atoms with van der Waals surface area (Å²) in [6, 6.07) is 1.95. The number of furan rings is 1. The molecule has 1 saturated carbocycles. The summed E-state index contributed by atoms with van der Waals surface area (Å²) in [5.74, 6) is 0. The summed E-state index contributed by atoms with van der Waals surface area (Å²) < 4.78 is 5.03. The van der Waals surface area contributed by atoms with Gasteiger partial charge in [0.2, 0.25) is 0 Å². The fraction of sp³-hybridized carbons (Fsp3) is 0.692. The molecule has 0 aromatic carbocycles. The van der Waals surface area contributed by atoms with Crippen molar-refractivity contribution < 1.29 is 9.52 Å². The zero-order chi connectivity index (χ0) is 10.7. The van der Waals surface area contributed by atoms with Crippen molar-refractivity contribution in [3.05, 3.63) is 24.2 Å². The van der Waals surface area contributed by atoms with Gasteiger partial charge in [-0.05, 0) is 36.3 Å². The monoisotopic (exact) mass is 208 g/mol. The van der Waals surface area contributed by atoms with E-state index in [2.05, 4.69) is 6.92 Å². The molecule has 1 aliphatic carbocycles. The van der Waals surface area contributed by atoms with Crippen LogP contribution in [0.1, 0.15) is 44.6 Å². The molecular weight excluding hydrogens is 188 g/mol. The summed E-state index contributed by atoms with van der Waals surface area (Å²) in [4.78, 5) is 0. The van der Waals surface area contributed by atoms with Crippen molar-refractivity contribution in [2.45, 2.75) is 51.6 Å². The van der Waals surface area contributed by atoms with Crippen molar-refractivity contribution >= 4 is 0 Å². The van der Waals surface area contributed by atoms with E-state index in [1.165, 1.54) is 25.7 Å². The number of aliphatic hydroxyl groups is 1. The molecule has 1 fully saturated rings. The van der Waals surface area contributed by atoms with Crippen LogP contribution in [-0.2, 0) is 6.42 Å². The molecular formula is C13H20O2. The normalized spacial score (nSPS) is 21.7. The Hall–Kier alpha value is -0.760. The van der Waals surface area contributed by atoms with Crippen molar-refractivity contribution in [2.75, 3.05) is 0 Å². The fourth-order valence-corrected chi connectivity index (χ4v) is 2.85. The Kier molecular flexibility index (Phi) is 3.15. The fourth-order valence-electron chi connectivity index (χ4n) is 2.85.